The van der Waals surface area contributed by atoms with E-state index in [0.717, 1.165) is 38.2 Å². The Kier molecular flexibility index (Phi) is 5.94. The van der Waals surface area contributed by atoms with Crippen molar-refractivity contribution in [2.75, 3.05) is 18.4 Å². The fourth-order valence-corrected chi connectivity index (χ4v) is 4.12. The van der Waals surface area contributed by atoms with Crippen molar-refractivity contribution in [3.8, 4) is 0 Å². The number of nitrogens with one attached hydrogen (secondary N) is 2. The zero-order valence-corrected chi connectivity index (χ0v) is 16.4. The molecule has 6 nitrogen and oxygen atoms in total. The molecule has 2 aromatic heterocycles. The molecule has 0 radical (unpaired) electrons. The van der Waals surface area contributed by atoms with E-state index in [0.29, 0.717) is 11.5 Å². The van der Waals surface area contributed by atoms with Gasteiger partial charge in [-0.05, 0) is 43.0 Å². The number of rotatable bonds is 6. The number of benzene rings is 1. The first-order valence-corrected chi connectivity index (χ1v) is 10.3. The molecule has 2 N–H and O–H groups in total. The number of aromatic nitrogens is 2. The van der Waals surface area contributed by atoms with Gasteiger partial charge in [-0.3, -0.25) is 9.69 Å². The Morgan fingerprint density at radius 2 is 1.96 bits per heavy atom. The van der Waals surface area contributed by atoms with Gasteiger partial charge < -0.3 is 10.6 Å². The molecule has 0 spiro atoms. The lowest BCUT2D eigenvalue weighted by Gasteiger charge is -2.32. The molecular weight excluding hydrogens is 370 g/mol. The summed E-state index contributed by atoms with van der Waals surface area (Å²) in [5, 5.41) is 8.36. The fraction of sp³-hybridized carbons (Fsp3) is 0.286. The summed E-state index contributed by atoms with van der Waals surface area (Å²) in [7, 11) is 0. The second kappa shape index (κ2) is 8.95. The molecule has 1 fully saturated rings. The summed E-state index contributed by atoms with van der Waals surface area (Å²) in [4.78, 5) is 24.9. The van der Waals surface area contributed by atoms with E-state index in [1.807, 2.05) is 30.3 Å². The molecule has 0 unspecified atom stereocenters. The van der Waals surface area contributed by atoms with Crippen LogP contribution in [0.25, 0.3) is 0 Å². The average molecular weight is 394 g/mol. The molecule has 1 saturated heterocycles. The van der Waals surface area contributed by atoms with Gasteiger partial charge in [-0.2, -0.15) is 0 Å². The minimum atomic E-state index is -0.116. The number of hydrogen-bond acceptors (Lipinski definition) is 6. The SMILES string of the molecule is O=C(N[C@@H]1CCCN(Cc2cccs2)C1)c1cnc(Nc2ccccc2)nc1. The van der Waals surface area contributed by atoms with Gasteiger partial charge in [0.1, 0.15) is 0 Å². The number of piperidine rings is 1. The molecule has 0 bridgehead atoms. The summed E-state index contributed by atoms with van der Waals surface area (Å²) in [6.45, 7) is 2.90. The molecule has 1 aliphatic rings. The van der Waals surface area contributed by atoms with E-state index in [1.54, 1.807) is 23.7 Å². The number of para-hydroxylation sites is 1. The van der Waals surface area contributed by atoms with Gasteiger partial charge in [-0.15, -0.1) is 11.3 Å². The first-order chi connectivity index (χ1) is 13.8. The molecule has 3 heterocycles. The summed E-state index contributed by atoms with van der Waals surface area (Å²) in [6.07, 6.45) is 5.23. The van der Waals surface area contributed by atoms with Gasteiger partial charge in [0.15, 0.2) is 0 Å². The van der Waals surface area contributed by atoms with E-state index in [-0.39, 0.29) is 11.9 Å². The maximum Gasteiger partial charge on any atom is 0.254 e. The van der Waals surface area contributed by atoms with E-state index in [2.05, 4.69) is 43.0 Å². The van der Waals surface area contributed by atoms with Crippen LogP contribution in [0, 0.1) is 0 Å². The minimum Gasteiger partial charge on any atom is -0.348 e. The number of hydrogen-bond donors (Lipinski definition) is 2. The first kappa shape index (κ1) is 18.6. The molecule has 7 heteroatoms. The van der Waals surface area contributed by atoms with Crippen molar-refractivity contribution in [3.63, 3.8) is 0 Å². The Balaban J connectivity index is 1.31. The Morgan fingerprint density at radius 3 is 2.71 bits per heavy atom. The van der Waals surface area contributed by atoms with Crippen LogP contribution in [0.5, 0.6) is 0 Å². The Bertz CT molecular complexity index is 883. The molecule has 1 atom stereocenters. The van der Waals surface area contributed by atoms with E-state index in [4.69, 9.17) is 0 Å². The van der Waals surface area contributed by atoms with Gasteiger partial charge in [0.2, 0.25) is 5.95 Å². The van der Waals surface area contributed by atoms with Gasteiger partial charge in [-0.25, -0.2) is 9.97 Å². The highest BCUT2D eigenvalue weighted by molar-refractivity contribution is 7.09. The smallest absolute Gasteiger partial charge is 0.254 e. The Hall–Kier alpha value is -2.77. The maximum absolute atomic E-state index is 12.6. The van der Waals surface area contributed by atoms with E-state index >= 15 is 0 Å². The van der Waals surface area contributed by atoms with Crippen LogP contribution in [0.2, 0.25) is 0 Å². The number of thiophene rings is 1. The summed E-state index contributed by atoms with van der Waals surface area (Å²) >= 11 is 1.78. The fourth-order valence-electron chi connectivity index (χ4n) is 3.37. The van der Waals surface area contributed by atoms with E-state index < -0.39 is 0 Å². The molecule has 1 aliphatic heterocycles. The Labute approximate surface area is 168 Å². The summed E-state index contributed by atoms with van der Waals surface area (Å²) < 4.78 is 0. The van der Waals surface area contributed by atoms with Crippen molar-refractivity contribution < 1.29 is 4.79 Å². The van der Waals surface area contributed by atoms with Crippen LogP contribution in [0.1, 0.15) is 28.1 Å². The van der Waals surface area contributed by atoms with Gasteiger partial charge in [0.25, 0.3) is 5.91 Å². The number of carbonyl (C=O) groups excluding carboxylic acids is 1. The molecule has 4 rings (SSSR count). The van der Waals surface area contributed by atoms with Crippen LogP contribution in [-0.2, 0) is 6.54 Å². The molecule has 0 aliphatic carbocycles. The second-order valence-corrected chi connectivity index (χ2v) is 7.95. The van der Waals surface area contributed by atoms with E-state index in [9.17, 15) is 4.79 Å². The summed E-state index contributed by atoms with van der Waals surface area (Å²) in [5.74, 6) is 0.358. The standard InChI is InChI=1S/C21H23N5OS/c27-20(16-12-22-21(23-13-16)25-17-6-2-1-3-7-17)24-18-8-4-10-26(14-18)15-19-9-5-11-28-19/h1-3,5-7,9,11-13,18H,4,8,10,14-15H2,(H,24,27)(H,22,23,25)/t18-/m1/s1. The molecule has 28 heavy (non-hydrogen) atoms. The number of anilines is 2. The third-order valence-corrected chi connectivity index (χ3v) is 5.61. The number of nitrogens with zero attached hydrogens (tertiary/aromatic N) is 3. The zero-order valence-electron chi connectivity index (χ0n) is 15.5. The van der Waals surface area contributed by atoms with E-state index in [1.165, 1.54) is 4.88 Å². The van der Waals surface area contributed by atoms with Crippen molar-refractivity contribution in [1.82, 2.24) is 20.2 Å². The molecule has 3 aromatic rings. The predicted octanol–water partition coefficient (Wildman–Crippen LogP) is 3.68. The molecule has 0 saturated carbocycles. The quantitative estimate of drug-likeness (QED) is 0.669. The third kappa shape index (κ3) is 4.94. The lowest BCUT2D eigenvalue weighted by molar-refractivity contribution is 0.0900. The largest absolute Gasteiger partial charge is 0.348 e. The number of likely N-dealkylation sites (tertiary alicyclic amines) is 1. The van der Waals surface area contributed by atoms with Crippen LogP contribution in [0.15, 0.2) is 60.2 Å². The molecule has 1 aromatic carbocycles. The summed E-state index contributed by atoms with van der Waals surface area (Å²) in [6, 6.07) is 14.1. The average Bonchev–Trinajstić information content (AvgIpc) is 3.23. The van der Waals surface area contributed by atoms with Crippen molar-refractivity contribution in [2.45, 2.75) is 25.4 Å². The summed E-state index contributed by atoms with van der Waals surface area (Å²) in [5.41, 5.74) is 1.39. The van der Waals surface area contributed by atoms with Crippen molar-refractivity contribution in [3.05, 3.63) is 70.7 Å². The second-order valence-electron chi connectivity index (χ2n) is 6.91. The third-order valence-electron chi connectivity index (χ3n) is 4.74. The van der Waals surface area contributed by atoms with Crippen molar-refractivity contribution >= 4 is 28.9 Å². The molecule has 144 valence electrons. The van der Waals surface area contributed by atoms with Crippen LogP contribution >= 0.6 is 11.3 Å². The van der Waals surface area contributed by atoms with Crippen LogP contribution in [0.4, 0.5) is 11.6 Å². The van der Waals surface area contributed by atoms with Crippen molar-refractivity contribution in [2.24, 2.45) is 0 Å². The van der Waals surface area contributed by atoms with Gasteiger partial charge in [-0.1, -0.05) is 24.3 Å². The van der Waals surface area contributed by atoms with Gasteiger partial charge in [0, 0.05) is 42.1 Å². The number of amides is 1. The number of carbonyl (C=O) groups is 1. The highest BCUT2D eigenvalue weighted by Crippen LogP contribution is 2.17. The monoisotopic (exact) mass is 393 g/mol. The highest BCUT2D eigenvalue weighted by Gasteiger charge is 2.22. The minimum absolute atomic E-state index is 0.116. The normalized spacial score (nSPS) is 17.2. The predicted molar refractivity (Wildman–Crippen MR) is 112 cm³/mol. The molecular formula is C21H23N5OS. The van der Waals surface area contributed by atoms with Crippen molar-refractivity contribution in [1.29, 1.82) is 0 Å². The Morgan fingerprint density at radius 1 is 1.14 bits per heavy atom. The topological polar surface area (TPSA) is 70.2 Å². The highest BCUT2D eigenvalue weighted by atomic mass is 32.1. The zero-order chi connectivity index (χ0) is 19.2. The van der Waals surface area contributed by atoms with Crippen LogP contribution in [0.3, 0.4) is 0 Å². The van der Waals surface area contributed by atoms with Crippen LogP contribution < -0.4 is 10.6 Å². The van der Waals surface area contributed by atoms with Gasteiger partial charge in [0.05, 0.1) is 5.56 Å². The lowest BCUT2D eigenvalue weighted by Crippen LogP contribution is -2.47. The lowest BCUT2D eigenvalue weighted by atomic mass is 10.1. The first-order valence-electron chi connectivity index (χ1n) is 9.46. The molecule has 1 amide bonds. The van der Waals surface area contributed by atoms with Gasteiger partial charge >= 0.3 is 0 Å². The van der Waals surface area contributed by atoms with Crippen LogP contribution in [-0.4, -0.2) is 39.9 Å². The maximum atomic E-state index is 12.6.